The van der Waals surface area contributed by atoms with Gasteiger partial charge in [0.1, 0.15) is 37.1 Å². The van der Waals surface area contributed by atoms with Crippen LogP contribution in [-0.2, 0) is 19.8 Å². The zero-order chi connectivity index (χ0) is 32.5. The molecule has 2 aliphatic rings. The fourth-order valence-electron chi connectivity index (χ4n) is 7.10. The molecule has 246 valence electrons. The van der Waals surface area contributed by atoms with E-state index in [1.807, 2.05) is 24.3 Å². The molecule has 48 heavy (non-hydrogen) atoms. The van der Waals surface area contributed by atoms with E-state index in [9.17, 15) is 0 Å². The van der Waals surface area contributed by atoms with Gasteiger partial charge >= 0.3 is 0 Å². The Kier molecular flexibility index (Phi) is 10.2. The molecule has 0 aromatic heterocycles. The number of anilines is 1. The van der Waals surface area contributed by atoms with Crippen molar-refractivity contribution in [3.63, 3.8) is 0 Å². The monoisotopic (exact) mass is 638 g/mol. The van der Waals surface area contributed by atoms with Gasteiger partial charge in [-0.2, -0.15) is 0 Å². The zero-order valence-electron chi connectivity index (χ0n) is 28.0. The molecule has 5 aromatic carbocycles. The number of benzene rings is 5. The molecule has 2 unspecified atom stereocenters. The van der Waals surface area contributed by atoms with E-state index in [2.05, 4.69) is 120 Å². The summed E-state index contributed by atoms with van der Waals surface area (Å²) in [4.78, 5) is 5.07. The van der Waals surface area contributed by atoms with Gasteiger partial charge in [0.05, 0.1) is 6.04 Å². The Hall–Kier alpha value is -4.74. The van der Waals surface area contributed by atoms with Gasteiger partial charge in [0.25, 0.3) is 0 Å². The van der Waals surface area contributed by atoms with E-state index in [4.69, 9.17) is 14.2 Å². The van der Waals surface area contributed by atoms with Crippen molar-refractivity contribution in [2.75, 3.05) is 31.1 Å². The van der Waals surface area contributed by atoms with E-state index in [1.54, 1.807) is 0 Å². The molecule has 0 bridgehead atoms. The van der Waals surface area contributed by atoms with Crippen molar-refractivity contribution in [1.82, 2.24) is 4.90 Å². The smallest absolute Gasteiger partial charge is 0.120 e. The van der Waals surface area contributed by atoms with Crippen LogP contribution in [0.2, 0.25) is 0 Å². The average molecular weight is 639 g/mol. The Morgan fingerprint density at radius 2 is 1.17 bits per heavy atom. The molecule has 2 aliphatic heterocycles. The minimum Gasteiger partial charge on any atom is -0.492 e. The molecule has 2 heterocycles. The van der Waals surface area contributed by atoms with Crippen LogP contribution in [0.25, 0.3) is 0 Å². The minimum atomic E-state index is 0.174. The molecule has 0 saturated carbocycles. The molecule has 5 nitrogen and oxygen atoms in total. The highest BCUT2D eigenvalue weighted by Crippen LogP contribution is 2.50. The topological polar surface area (TPSA) is 34.2 Å². The van der Waals surface area contributed by atoms with Gasteiger partial charge < -0.3 is 19.1 Å². The van der Waals surface area contributed by atoms with Crippen molar-refractivity contribution >= 4 is 5.69 Å². The SMILES string of the molecule is CC1c2cc(OCc3ccccc3)ccc2N(Cc2ccc(OCCN3CCCCC3)cc2)C1c1ccc(OCc2ccccc2)cc1. The summed E-state index contributed by atoms with van der Waals surface area (Å²) in [5.41, 5.74) is 7.43. The normalized spacial score (nSPS) is 17.6. The average Bonchev–Trinajstić information content (AvgIpc) is 3.42. The summed E-state index contributed by atoms with van der Waals surface area (Å²) in [6.45, 7) is 8.37. The van der Waals surface area contributed by atoms with Crippen LogP contribution in [0.5, 0.6) is 17.2 Å². The third-order valence-electron chi connectivity index (χ3n) is 9.73. The highest BCUT2D eigenvalue weighted by atomic mass is 16.5. The molecule has 5 heteroatoms. The first-order valence-corrected chi connectivity index (χ1v) is 17.5. The lowest BCUT2D eigenvalue weighted by Gasteiger charge is -2.30. The number of hydrogen-bond acceptors (Lipinski definition) is 5. The van der Waals surface area contributed by atoms with E-state index in [-0.39, 0.29) is 12.0 Å². The zero-order valence-corrected chi connectivity index (χ0v) is 28.0. The number of ether oxygens (including phenoxy) is 3. The fourth-order valence-corrected chi connectivity index (χ4v) is 7.10. The van der Waals surface area contributed by atoms with E-state index < -0.39 is 0 Å². The number of rotatable bonds is 13. The minimum absolute atomic E-state index is 0.174. The van der Waals surface area contributed by atoms with E-state index >= 15 is 0 Å². The largest absolute Gasteiger partial charge is 0.492 e. The maximum atomic E-state index is 6.27. The molecule has 5 aromatic rings. The van der Waals surface area contributed by atoms with E-state index in [0.717, 1.165) is 42.5 Å². The number of fused-ring (bicyclic) bond motifs is 1. The third-order valence-corrected chi connectivity index (χ3v) is 9.73. The molecule has 7 rings (SSSR count). The van der Waals surface area contributed by atoms with Crippen molar-refractivity contribution in [1.29, 1.82) is 0 Å². The molecule has 0 amide bonds. The molecule has 1 fully saturated rings. The van der Waals surface area contributed by atoms with Gasteiger partial charge in [-0.25, -0.2) is 0 Å². The Bertz CT molecular complexity index is 1720. The molecule has 0 N–H and O–H groups in total. The predicted octanol–water partition coefficient (Wildman–Crippen LogP) is 9.57. The molecule has 0 spiro atoms. The lowest BCUT2D eigenvalue weighted by Crippen LogP contribution is -2.33. The first-order valence-electron chi connectivity index (χ1n) is 17.5. The maximum absolute atomic E-state index is 6.27. The first-order chi connectivity index (χ1) is 23.7. The van der Waals surface area contributed by atoms with Crippen molar-refractivity contribution in [3.8, 4) is 17.2 Å². The number of nitrogens with zero attached hydrogens (tertiary/aromatic N) is 2. The van der Waals surface area contributed by atoms with Gasteiger partial charge in [0.15, 0.2) is 0 Å². The molecule has 0 aliphatic carbocycles. The molecular formula is C43H46N2O3. The van der Waals surface area contributed by atoms with E-state index in [1.165, 1.54) is 60.3 Å². The van der Waals surface area contributed by atoms with E-state index in [0.29, 0.717) is 13.2 Å². The van der Waals surface area contributed by atoms with Gasteiger partial charge in [0.2, 0.25) is 0 Å². The molecular weight excluding hydrogens is 592 g/mol. The van der Waals surface area contributed by atoms with Crippen molar-refractivity contribution < 1.29 is 14.2 Å². The van der Waals surface area contributed by atoms with Crippen LogP contribution in [0.3, 0.4) is 0 Å². The molecule has 1 saturated heterocycles. The quantitative estimate of drug-likeness (QED) is 0.128. The predicted molar refractivity (Wildman–Crippen MR) is 194 cm³/mol. The Labute approximate surface area is 285 Å². The summed E-state index contributed by atoms with van der Waals surface area (Å²) >= 11 is 0. The number of hydrogen-bond donors (Lipinski definition) is 0. The van der Waals surface area contributed by atoms with Crippen LogP contribution in [0.4, 0.5) is 5.69 Å². The lowest BCUT2D eigenvalue weighted by atomic mass is 9.91. The number of likely N-dealkylation sites (tertiary alicyclic amines) is 1. The van der Waals surface area contributed by atoms with Crippen LogP contribution in [0.1, 0.15) is 66.0 Å². The Morgan fingerprint density at radius 1 is 0.583 bits per heavy atom. The van der Waals surface area contributed by atoms with Gasteiger partial charge in [-0.3, -0.25) is 4.90 Å². The second kappa shape index (κ2) is 15.4. The summed E-state index contributed by atoms with van der Waals surface area (Å²) in [5, 5.41) is 0. The highest BCUT2D eigenvalue weighted by molar-refractivity contribution is 5.65. The van der Waals surface area contributed by atoms with Gasteiger partial charge in [0, 0.05) is 24.7 Å². The second-order valence-corrected chi connectivity index (χ2v) is 13.1. The summed E-state index contributed by atoms with van der Waals surface area (Å²) in [6.07, 6.45) is 3.97. The van der Waals surface area contributed by atoms with Gasteiger partial charge in [-0.15, -0.1) is 0 Å². The Morgan fingerprint density at radius 3 is 1.83 bits per heavy atom. The standard InChI is InChI=1S/C43H46N2O3/c1-33-41-29-40(48-32-36-13-7-3-8-14-36)23-24-42(41)45(30-34-15-19-38(20-16-34)46-28-27-44-25-9-4-10-26-44)43(33)37-17-21-39(22-18-37)47-31-35-11-5-2-6-12-35/h2-3,5-8,11-24,29,33,43H,4,9-10,25-28,30-32H2,1H3. The van der Waals surface area contributed by atoms with Gasteiger partial charge in [-0.05, 0) is 96.2 Å². The van der Waals surface area contributed by atoms with Crippen molar-refractivity contribution in [2.24, 2.45) is 0 Å². The summed E-state index contributed by atoms with van der Waals surface area (Å²) < 4.78 is 18.5. The third kappa shape index (κ3) is 7.86. The van der Waals surface area contributed by atoms with Crippen LogP contribution >= 0.6 is 0 Å². The van der Waals surface area contributed by atoms with Gasteiger partial charge in [-0.1, -0.05) is 98.3 Å². The second-order valence-electron chi connectivity index (χ2n) is 13.1. The summed E-state index contributed by atoms with van der Waals surface area (Å²) in [5.74, 6) is 2.99. The maximum Gasteiger partial charge on any atom is 0.120 e. The molecule has 2 atom stereocenters. The van der Waals surface area contributed by atoms with Crippen LogP contribution < -0.4 is 19.1 Å². The first kappa shape index (κ1) is 31.8. The van der Waals surface area contributed by atoms with Crippen LogP contribution in [-0.4, -0.2) is 31.1 Å². The highest BCUT2D eigenvalue weighted by Gasteiger charge is 2.37. The van der Waals surface area contributed by atoms with Crippen LogP contribution in [0, 0.1) is 0 Å². The Balaban J connectivity index is 1.07. The lowest BCUT2D eigenvalue weighted by molar-refractivity contribution is 0.183. The summed E-state index contributed by atoms with van der Waals surface area (Å²) in [6, 6.07) is 44.8. The number of piperidine rings is 1. The summed E-state index contributed by atoms with van der Waals surface area (Å²) in [7, 11) is 0. The van der Waals surface area contributed by atoms with Crippen molar-refractivity contribution in [2.45, 2.75) is 57.9 Å². The fraction of sp³-hybridized carbons (Fsp3) is 0.302. The van der Waals surface area contributed by atoms with Crippen LogP contribution in [0.15, 0.2) is 127 Å². The molecule has 0 radical (unpaired) electrons. The van der Waals surface area contributed by atoms with Crippen molar-refractivity contribution in [3.05, 3.63) is 155 Å².